The third-order valence-corrected chi connectivity index (χ3v) is 3.05. The minimum Gasteiger partial charge on any atom is -0.493 e. The number of aryl methyl sites for hydroxylation is 1. The van der Waals surface area contributed by atoms with Crippen molar-refractivity contribution in [2.45, 2.75) is 13.3 Å². The summed E-state index contributed by atoms with van der Waals surface area (Å²) in [6.07, 6.45) is 4.00. The highest BCUT2D eigenvalue weighted by atomic mass is 16.5. The number of ether oxygens (including phenoxy) is 2. The van der Waals surface area contributed by atoms with Crippen LogP contribution in [-0.4, -0.2) is 19.2 Å². The Labute approximate surface area is 131 Å². The van der Waals surface area contributed by atoms with Crippen molar-refractivity contribution in [2.24, 2.45) is 0 Å². The molecule has 22 heavy (non-hydrogen) atoms. The summed E-state index contributed by atoms with van der Waals surface area (Å²) in [6.45, 7) is 2.62. The van der Waals surface area contributed by atoms with Gasteiger partial charge in [-0.15, -0.1) is 0 Å². The molecule has 0 saturated carbocycles. The van der Waals surface area contributed by atoms with Gasteiger partial charge in [0.2, 0.25) is 0 Å². The molecule has 0 heterocycles. The molecule has 2 rings (SSSR count). The summed E-state index contributed by atoms with van der Waals surface area (Å²) in [5.74, 6) is 0.507. The summed E-state index contributed by atoms with van der Waals surface area (Å²) < 4.78 is 10.6. The third kappa shape index (κ3) is 5.83. The molecular weight excluding hydrogens is 276 g/mol. The van der Waals surface area contributed by atoms with Crippen molar-refractivity contribution in [2.75, 3.05) is 13.2 Å². The van der Waals surface area contributed by atoms with E-state index in [0.29, 0.717) is 6.61 Å². The number of hydrogen-bond donors (Lipinski definition) is 0. The molecule has 2 aromatic rings. The maximum Gasteiger partial charge on any atom is 0.309 e. The van der Waals surface area contributed by atoms with Gasteiger partial charge in [-0.1, -0.05) is 54.1 Å². The second-order valence-corrected chi connectivity index (χ2v) is 4.91. The average Bonchev–Trinajstić information content (AvgIpc) is 2.54. The standard InChI is InChI=1S/C19H20O3/c1-16-9-11-18(12-10-16)21-15-13-19(20)22-14-5-8-17-6-3-2-4-7-17/h2-12H,13-15H2,1H3/b8-5+. The number of hydrogen-bond acceptors (Lipinski definition) is 3. The Morgan fingerprint density at radius 1 is 1.05 bits per heavy atom. The van der Waals surface area contributed by atoms with Crippen LogP contribution in [0.3, 0.4) is 0 Å². The molecule has 114 valence electrons. The first-order valence-electron chi connectivity index (χ1n) is 7.31. The summed E-state index contributed by atoms with van der Waals surface area (Å²) in [5, 5.41) is 0. The van der Waals surface area contributed by atoms with Crippen LogP contribution in [0.25, 0.3) is 6.08 Å². The molecule has 0 aliphatic rings. The van der Waals surface area contributed by atoms with Gasteiger partial charge >= 0.3 is 5.97 Å². The molecule has 0 unspecified atom stereocenters. The lowest BCUT2D eigenvalue weighted by Gasteiger charge is -2.06. The maximum atomic E-state index is 11.6. The van der Waals surface area contributed by atoms with Crippen LogP contribution in [0.2, 0.25) is 0 Å². The lowest BCUT2D eigenvalue weighted by molar-refractivity contribution is -0.142. The van der Waals surface area contributed by atoms with Gasteiger partial charge in [-0.05, 0) is 30.7 Å². The van der Waals surface area contributed by atoms with Crippen molar-refractivity contribution < 1.29 is 14.3 Å². The molecule has 0 radical (unpaired) electrons. The molecule has 0 saturated heterocycles. The van der Waals surface area contributed by atoms with E-state index < -0.39 is 0 Å². The average molecular weight is 296 g/mol. The molecule has 0 aliphatic heterocycles. The molecule has 0 atom stereocenters. The van der Waals surface area contributed by atoms with E-state index >= 15 is 0 Å². The van der Waals surface area contributed by atoms with E-state index in [4.69, 9.17) is 9.47 Å². The van der Waals surface area contributed by atoms with Crippen molar-refractivity contribution in [1.29, 1.82) is 0 Å². The summed E-state index contributed by atoms with van der Waals surface area (Å²) in [5.41, 5.74) is 2.26. The van der Waals surface area contributed by atoms with Gasteiger partial charge in [-0.2, -0.15) is 0 Å². The summed E-state index contributed by atoms with van der Waals surface area (Å²) in [4.78, 5) is 11.6. The Morgan fingerprint density at radius 2 is 1.77 bits per heavy atom. The van der Waals surface area contributed by atoms with Crippen molar-refractivity contribution in [1.82, 2.24) is 0 Å². The lowest BCUT2D eigenvalue weighted by atomic mass is 10.2. The largest absolute Gasteiger partial charge is 0.493 e. The summed E-state index contributed by atoms with van der Waals surface area (Å²) >= 11 is 0. The molecule has 0 N–H and O–H groups in total. The van der Waals surface area contributed by atoms with E-state index in [2.05, 4.69) is 0 Å². The van der Waals surface area contributed by atoms with Gasteiger partial charge in [0, 0.05) is 0 Å². The van der Waals surface area contributed by atoms with E-state index in [0.717, 1.165) is 11.3 Å². The molecule has 0 amide bonds. The molecule has 3 nitrogen and oxygen atoms in total. The highest BCUT2D eigenvalue weighted by Crippen LogP contribution is 2.11. The number of rotatable bonds is 7. The van der Waals surface area contributed by atoms with E-state index in [1.165, 1.54) is 5.56 Å². The lowest BCUT2D eigenvalue weighted by Crippen LogP contribution is -2.09. The molecule has 0 spiro atoms. The quantitative estimate of drug-likeness (QED) is 0.724. The second kappa shape index (κ2) is 8.67. The van der Waals surface area contributed by atoms with Gasteiger partial charge in [-0.3, -0.25) is 4.79 Å². The highest BCUT2D eigenvalue weighted by molar-refractivity contribution is 5.69. The fourth-order valence-electron chi connectivity index (χ4n) is 1.85. The zero-order valence-corrected chi connectivity index (χ0v) is 12.7. The molecule has 2 aromatic carbocycles. The second-order valence-electron chi connectivity index (χ2n) is 4.91. The van der Waals surface area contributed by atoms with Crippen molar-refractivity contribution in [3.63, 3.8) is 0 Å². The van der Waals surface area contributed by atoms with Gasteiger partial charge in [0.1, 0.15) is 12.4 Å². The first-order chi connectivity index (χ1) is 10.7. The van der Waals surface area contributed by atoms with Crippen molar-refractivity contribution >= 4 is 12.0 Å². The molecule has 0 fully saturated rings. The Hall–Kier alpha value is -2.55. The van der Waals surface area contributed by atoms with E-state index in [-0.39, 0.29) is 19.0 Å². The zero-order valence-electron chi connectivity index (χ0n) is 12.7. The molecule has 0 aliphatic carbocycles. The SMILES string of the molecule is Cc1ccc(OCCC(=O)OC/C=C/c2ccccc2)cc1. The van der Waals surface area contributed by atoms with Gasteiger partial charge in [-0.25, -0.2) is 0 Å². The van der Waals surface area contributed by atoms with Crippen LogP contribution in [0.1, 0.15) is 17.5 Å². The predicted molar refractivity (Wildman–Crippen MR) is 87.7 cm³/mol. The Bertz CT molecular complexity index is 600. The Kier molecular flexibility index (Phi) is 6.24. The highest BCUT2D eigenvalue weighted by Gasteiger charge is 2.02. The van der Waals surface area contributed by atoms with E-state index in [1.54, 1.807) is 0 Å². The van der Waals surface area contributed by atoms with Crippen LogP contribution in [-0.2, 0) is 9.53 Å². The van der Waals surface area contributed by atoms with Gasteiger partial charge in [0.25, 0.3) is 0 Å². The number of carbonyl (C=O) groups excluding carboxylic acids is 1. The minimum atomic E-state index is -0.259. The van der Waals surface area contributed by atoms with Crippen LogP contribution in [0.4, 0.5) is 0 Å². The fraction of sp³-hybridized carbons (Fsp3) is 0.211. The molecule has 0 bridgehead atoms. The van der Waals surface area contributed by atoms with E-state index in [9.17, 15) is 4.79 Å². The van der Waals surface area contributed by atoms with Crippen LogP contribution in [0, 0.1) is 6.92 Å². The van der Waals surface area contributed by atoms with Crippen LogP contribution in [0.15, 0.2) is 60.7 Å². The Balaban J connectivity index is 1.62. The Morgan fingerprint density at radius 3 is 2.50 bits per heavy atom. The number of esters is 1. The topological polar surface area (TPSA) is 35.5 Å². The molecular formula is C19H20O3. The van der Waals surface area contributed by atoms with Gasteiger partial charge in [0.05, 0.1) is 13.0 Å². The number of benzene rings is 2. The normalized spacial score (nSPS) is 10.6. The maximum absolute atomic E-state index is 11.6. The van der Waals surface area contributed by atoms with Crippen LogP contribution < -0.4 is 4.74 Å². The smallest absolute Gasteiger partial charge is 0.309 e. The van der Waals surface area contributed by atoms with Crippen LogP contribution >= 0.6 is 0 Å². The summed E-state index contributed by atoms with van der Waals surface area (Å²) in [7, 11) is 0. The fourth-order valence-corrected chi connectivity index (χ4v) is 1.85. The minimum absolute atomic E-state index is 0.243. The van der Waals surface area contributed by atoms with Gasteiger partial charge in [0.15, 0.2) is 0 Å². The van der Waals surface area contributed by atoms with Crippen molar-refractivity contribution in [3.8, 4) is 5.75 Å². The van der Waals surface area contributed by atoms with Gasteiger partial charge < -0.3 is 9.47 Å². The first kappa shape index (κ1) is 15.8. The predicted octanol–water partition coefficient (Wildman–Crippen LogP) is 4.02. The monoisotopic (exact) mass is 296 g/mol. The molecule has 0 aromatic heterocycles. The van der Waals surface area contributed by atoms with Crippen molar-refractivity contribution in [3.05, 3.63) is 71.8 Å². The summed E-state index contributed by atoms with van der Waals surface area (Å²) in [6, 6.07) is 17.6. The van der Waals surface area contributed by atoms with Crippen LogP contribution in [0.5, 0.6) is 5.75 Å². The zero-order chi connectivity index (χ0) is 15.6. The third-order valence-electron chi connectivity index (χ3n) is 3.05. The number of carbonyl (C=O) groups is 1. The first-order valence-corrected chi connectivity index (χ1v) is 7.31. The molecule has 3 heteroatoms. The van der Waals surface area contributed by atoms with E-state index in [1.807, 2.05) is 73.7 Å².